The average Bonchev–Trinajstić information content (AvgIpc) is 2.89. The molecular formula is C29H41NO4Si. The molecule has 0 aromatic heterocycles. The van der Waals surface area contributed by atoms with Crippen molar-refractivity contribution in [1.82, 2.24) is 0 Å². The van der Waals surface area contributed by atoms with E-state index in [0.29, 0.717) is 6.42 Å². The lowest BCUT2D eigenvalue weighted by molar-refractivity contribution is -0.400. The van der Waals surface area contributed by atoms with Crippen LogP contribution in [0.1, 0.15) is 66.5 Å². The molecule has 0 aliphatic carbocycles. The maximum Gasteiger partial charge on any atom is 0.419 e. The maximum absolute atomic E-state index is 13.9. The van der Waals surface area contributed by atoms with Gasteiger partial charge in [0.25, 0.3) is 5.91 Å². The SMILES string of the molecule is CC(C)(C)OC(=O)N1c2ccccc2[C@@]2(Cc3ccccc3)C(C)(C)O[C@@]12O[Si](C)(C)C(C)(C)C. The minimum absolute atomic E-state index is 0.0856. The molecule has 1 amide bonds. The Morgan fingerprint density at radius 1 is 0.943 bits per heavy atom. The summed E-state index contributed by atoms with van der Waals surface area (Å²) in [5.41, 5.74) is 1.16. The zero-order valence-electron chi connectivity index (χ0n) is 23.0. The molecular weight excluding hydrogens is 454 g/mol. The molecule has 190 valence electrons. The third-order valence-electron chi connectivity index (χ3n) is 7.95. The lowest BCUT2D eigenvalue weighted by Gasteiger charge is -2.67. The van der Waals surface area contributed by atoms with Crippen molar-refractivity contribution in [3.63, 3.8) is 0 Å². The first kappa shape index (κ1) is 25.9. The summed E-state index contributed by atoms with van der Waals surface area (Å²) in [6.45, 7) is 20.9. The number of hydrogen-bond acceptors (Lipinski definition) is 4. The van der Waals surface area contributed by atoms with Crippen LogP contribution in [0.25, 0.3) is 0 Å². The second kappa shape index (κ2) is 7.92. The monoisotopic (exact) mass is 495 g/mol. The van der Waals surface area contributed by atoms with Gasteiger partial charge in [-0.25, -0.2) is 9.69 Å². The number of carbonyl (C=O) groups excluding carboxylic acids is 1. The van der Waals surface area contributed by atoms with E-state index in [9.17, 15) is 4.79 Å². The van der Waals surface area contributed by atoms with Crippen LogP contribution in [0.15, 0.2) is 54.6 Å². The highest BCUT2D eigenvalue weighted by atomic mass is 28.4. The lowest BCUT2D eigenvalue weighted by atomic mass is 9.59. The molecule has 2 aliphatic heterocycles. The minimum atomic E-state index is -2.42. The number of amides is 1. The van der Waals surface area contributed by atoms with Crippen LogP contribution in [0.5, 0.6) is 0 Å². The number of hydrogen-bond donors (Lipinski definition) is 0. The van der Waals surface area contributed by atoms with E-state index >= 15 is 0 Å². The number of anilines is 1. The van der Waals surface area contributed by atoms with Gasteiger partial charge < -0.3 is 13.9 Å². The quantitative estimate of drug-likeness (QED) is 0.414. The maximum atomic E-state index is 13.9. The van der Waals surface area contributed by atoms with Crippen LogP contribution in [0.4, 0.5) is 10.5 Å². The van der Waals surface area contributed by atoms with Crippen molar-refractivity contribution in [2.75, 3.05) is 4.90 Å². The zero-order valence-corrected chi connectivity index (χ0v) is 24.0. The Morgan fingerprint density at radius 3 is 2.06 bits per heavy atom. The van der Waals surface area contributed by atoms with Crippen LogP contribution < -0.4 is 4.90 Å². The van der Waals surface area contributed by atoms with Gasteiger partial charge in [-0.1, -0.05) is 69.3 Å². The topological polar surface area (TPSA) is 48.0 Å². The lowest BCUT2D eigenvalue weighted by Crippen LogP contribution is -2.84. The van der Waals surface area contributed by atoms with Gasteiger partial charge in [-0.2, -0.15) is 0 Å². The molecule has 6 heteroatoms. The van der Waals surface area contributed by atoms with Crippen LogP contribution in [0.3, 0.4) is 0 Å². The third kappa shape index (κ3) is 3.85. The summed E-state index contributed by atoms with van der Waals surface area (Å²) in [5, 5.41) is -0.0856. The highest BCUT2D eigenvalue weighted by Gasteiger charge is 2.82. The fourth-order valence-electron chi connectivity index (χ4n) is 5.27. The van der Waals surface area contributed by atoms with Crippen molar-refractivity contribution in [2.45, 2.75) is 102 Å². The van der Waals surface area contributed by atoms with Gasteiger partial charge >= 0.3 is 6.09 Å². The van der Waals surface area contributed by atoms with Gasteiger partial charge in [0.05, 0.1) is 11.3 Å². The average molecular weight is 496 g/mol. The summed E-state index contributed by atoms with van der Waals surface area (Å²) in [4.78, 5) is 15.6. The minimum Gasteiger partial charge on any atom is -0.443 e. The third-order valence-corrected chi connectivity index (χ3v) is 12.3. The van der Waals surface area contributed by atoms with E-state index in [2.05, 4.69) is 78.0 Å². The van der Waals surface area contributed by atoms with Gasteiger partial charge in [0, 0.05) is 0 Å². The number of rotatable bonds is 4. The van der Waals surface area contributed by atoms with Gasteiger partial charge in [-0.3, -0.25) is 0 Å². The molecule has 2 aromatic carbocycles. The van der Waals surface area contributed by atoms with Crippen molar-refractivity contribution >= 4 is 20.1 Å². The number of carbonyl (C=O) groups is 1. The van der Waals surface area contributed by atoms with Gasteiger partial charge in [0.1, 0.15) is 11.0 Å². The Labute approximate surface area is 211 Å². The molecule has 0 spiro atoms. The first-order chi connectivity index (χ1) is 16.0. The first-order valence-electron chi connectivity index (χ1n) is 12.5. The van der Waals surface area contributed by atoms with Crippen molar-refractivity contribution in [1.29, 1.82) is 0 Å². The van der Waals surface area contributed by atoms with E-state index in [0.717, 1.165) is 11.3 Å². The zero-order chi connectivity index (χ0) is 26.1. The molecule has 0 radical (unpaired) electrons. The smallest absolute Gasteiger partial charge is 0.419 e. The number of benzene rings is 2. The summed E-state index contributed by atoms with van der Waals surface area (Å²) in [6, 6.07) is 18.5. The molecule has 2 aromatic rings. The molecule has 1 saturated heterocycles. The van der Waals surface area contributed by atoms with E-state index in [4.69, 9.17) is 13.9 Å². The second-order valence-corrected chi connectivity index (χ2v) is 17.7. The second-order valence-electron chi connectivity index (χ2n) is 13.0. The van der Waals surface area contributed by atoms with Crippen LogP contribution in [0.2, 0.25) is 18.1 Å². The van der Waals surface area contributed by atoms with Crippen LogP contribution in [-0.2, 0) is 25.7 Å². The van der Waals surface area contributed by atoms with Crippen molar-refractivity contribution < 1.29 is 18.7 Å². The van der Waals surface area contributed by atoms with E-state index in [1.807, 2.05) is 45.0 Å². The van der Waals surface area contributed by atoms with Crippen LogP contribution in [-0.4, -0.2) is 31.5 Å². The molecule has 4 rings (SSSR count). The van der Waals surface area contributed by atoms with E-state index in [-0.39, 0.29) is 5.04 Å². The molecule has 5 nitrogen and oxygen atoms in total. The van der Waals surface area contributed by atoms with Gasteiger partial charge in [-0.05, 0) is 76.4 Å². The fraction of sp³-hybridized carbons (Fsp3) is 0.552. The van der Waals surface area contributed by atoms with E-state index in [1.54, 1.807) is 4.90 Å². The van der Waals surface area contributed by atoms with Gasteiger partial charge in [0.2, 0.25) is 0 Å². The molecule has 1 fully saturated rings. The summed E-state index contributed by atoms with van der Waals surface area (Å²) in [5.74, 6) is -1.30. The highest BCUT2D eigenvalue weighted by molar-refractivity contribution is 6.74. The largest absolute Gasteiger partial charge is 0.443 e. The van der Waals surface area contributed by atoms with Crippen molar-refractivity contribution in [2.24, 2.45) is 0 Å². The Hall–Kier alpha value is -2.15. The number of fused-ring (bicyclic) bond motifs is 3. The number of nitrogens with zero attached hydrogens (tertiary/aromatic N) is 1. The molecule has 0 N–H and O–H groups in total. The predicted molar refractivity (Wildman–Crippen MR) is 143 cm³/mol. The summed E-state index contributed by atoms with van der Waals surface area (Å²) >= 11 is 0. The first-order valence-corrected chi connectivity index (χ1v) is 15.5. The molecule has 0 saturated carbocycles. The normalized spacial score (nSPS) is 25.5. The van der Waals surface area contributed by atoms with Crippen molar-refractivity contribution in [3.05, 3.63) is 65.7 Å². The molecule has 0 bridgehead atoms. The predicted octanol–water partition coefficient (Wildman–Crippen LogP) is 7.41. The molecule has 2 heterocycles. The molecule has 35 heavy (non-hydrogen) atoms. The summed E-state index contributed by atoms with van der Waals surface area (Å²) in [7, 11) is -2.42. The Kier molecular flexibility index (Phi) is 5.87. The number of ether oxygens (including phenoxy) is 2. The van der Waals surface area contributed by atoms with Crippen molar-refractivity contribution in [3.8, 4) is 0 Å². The van der Waals surface area contributed by atoms with Crippen LogP contribution in [0, 0.1) is 0 Å². The molecule has 0 unspecified atom stereocenters. The molecule has 2 aliphatic rings. The van der Waals surface area contributed by atoms with Gasteiger partial charge in [-0.15, -0.1) is 0 Å². The fourth-order valence-corrected chi connectivity index (χ4v) is 6.58. The van der Waals surface area contributed by atoms with Crippen LogP contribution >= 0.6 is 0 Å². The summed E-state index contributed by atoms with van der Waals surface area (Å²) < 4.78 is 20.0. The van der Waals surface area contributed by atoms with E-state index < -0.39 is 36.9 Å². The Balaban J connectivity index is 1.99. The van der Waals surface area contributed by atoms with E-state index in [1.165, 1.54) is 5.56 Å². The molecule has 2 atom stereocenters. The Bertz CT molecular complexity index is 1120. The Morgan fingerprint density at radius 2 is 1.51 bits per heavy atom. The number of para-hydroxylation sites is 1. The van der Waals surface area contributed by atoms with Gasteiger partial charge in [0.15, 0.2) is 8.32 Å². The summed E-state index contributed by atoms with van der Waals surface area (Å²) in [6.07, 6.45) is 0.222. The standard InChI is InChI=1S/C29H41NO4Si/c1-25(2,3)32-24(31)30-23-19-15-14-18-22(23)28(20-21-16-12-11-13-17-21)27(7,8)33-29(28,30)34-35(9,10)26(4,5)6/h11-19H,20H2,1-10H3/t28-,29-/m0/s1. The highest BCUT2D eigenvalue weighted by Crippen LogP contribution is 2.69.